The number of ether oxygens (including phenoxy) is 1. The Morgan fingerprint density at radius 1 is 1.45 bits per heavy atom. The molecule has 2 N–H and O–H groups in total. The lowest BCUT2D eigenvalue weighted by Crippen LogP contribution is -2.21. The van der Waals surface area contributed by atoms with Crippen LogP contribution in [0.25, 0.3) is 26.7 Å². The molecule has 6 nitrogen and oxygen atoms in total. The van der Waals surface area contributed by atoms with E-state index in [1.807, 2.05) is 16.7 Å². The number of methoxy groups -OCH3 is 1. The van der Waals surface area contributed by atoms with Gasteiger partial charge in [-0.25, -0.2) is 4.39 Å². The zero-order valence-corrected chi connectivity index (χ0v) is 16.5. The third-order valence-electron chi connectivity index (χ3n) is 5.61. The fourth-order valence-corrected chi connectivity index (χ4v) is 5.22. The maximum Gasteiger partial charge on any atom is 0.202 e. The highest BCUT2D eigenvalue weighted by Crippen LogP contribution is 2.47. The zero-order valence-electron chi connectivity index (χ0n) is 15.7. The molecular weight excluding hydrogens is 393 g/mol. The Morgan fingerprint density at radius 3 is 2.86 bits per heavy atom. The third kappa shape index (κ3) is 2.58. The lowest BCUT2D eigenvalue weighted by Gasteiger charge is -2.21. The Morgan fingerprint density at radius 2 is 2.24 bits per heavy atom. The molecule has 0 radical (unpaired) electrons. The monoisotopic (exact) mass is 411 g/mol. The van der Waals surface area contributed by atoms with E-state index in [0.29, 0.717) is 34.6 Å². The third-order valence-corrected chi connectivity index (χ3v) is 6.69. The summed E-state index contributed by atoms with van der Waals surface area (Å²) in [6.45, 7) is 1.39. The van der Waals surface area contributed by atoms with Crippen LogP contribution in [0.2, 0.25) is 0 Å². The number of nitrogens with zero attached hydrogens (tertiary/aromatic N) is 2. The molecule has 0 spiro atoms. The molecule has 3 heterocycles. The van der Waals surface area contributed by atoms with E-state index in [1.165, 1.54) is 13.2 Å². The summed E-state index contributed by atoms with van der Waals surface area (Å²) in [4.78, 5) is 13.8. The molecule has 0 amide bonds. The van der Waals surface area contributed by atoms with Gasteiger partial charge in [-0.1, -0.05) is 6.08 Å². The van der Waals surface area contributed by atoms with Crippen LogP contribution in [0.5, 0.6) is 11.5 Å². The average molecular weight is 411 g/mol. The predicted molar refractivity (Wildman–Crippen MR) is 110 cm³/mol. The molecule has 0 saturated heterocycles. The van der Waals surface area contributed by atoms with Crippen LogP contribution < -0.4 is 15.5 Å². The molecule has 29 heavy (non-hydrogen) atoms. The number of pyridine rings is 1. The number of hydrogen-bond donors (Lipinski definition) is 2. The standard InChI is InChI=1S/C21H18FN3O3S/c1-28-20-15(10-4-6-24-7-5-10)13(22)8-12-17(20)25(11-2-3-11)21-16(18(12)26)19(27)14(9-23)29-21/h4,8,11,24,27H,2-3,5-7H2,1H3. The minimum atomic E-state index is -0.517. The van der Waals surface area contributed by atoms with Gasteiger partial charge in [0.05, 0.1) is 23.6 Å². The largest absolute Gasteiger partial charge is 0.505 e. The van der Waals surface area contributed by atoms with Crippen LogP contribution in [-0.2, 0) is 0 Å². The van der Waals surface area contributed by atoms with Crippen molar-refractivity contribution in [3.8, 4) is 17.6 Å². The van der Waals surface area contributed by atoms with Crippen LogP contribution in [-0.4, -0.2) is 29.9 Å². The van der Waals surface area contributed by atoms with E-state index in [2.05, 4.69) is 5.32 Å². The Kier molecular flexibility index (Phi) is 4.12. The quantitative estimate of drug-likeness (QED) is 0.687. The first-order valence-corrected chi connectivity index (χ1v) is 10.3. The summed E-state index contributed by atoms with van der Waals surface area (Å²) in [5, 5.41) is 23.2. The fourth-order valence-electron chi connectivity index (χ4n) is 4.15. The van der Waals surface area contributed by atoms with Gasteiger partial charge in [-0.15, -0.1) is 11.3 Å². The highest BCUT2D eigenvalue weighted by Gasteiger charge is 2.33. The first-order chi connectivity index (χ1) is 14.1. The highest BCUT2D eigenvalue weighted by atomic mass is 32.1. The number of benzene rings is 1. The van der Waals surface area contributed by atoms with Gasteiger partial charge in [0.15, 0.2) is 11.5 Å². The topological polar surface area (TPSA) is 87.3 Å². The van der Waals surface area contributed by atoms with E-state index >= 15 is 4.39 Å². The van der Waals surface area contributed by atoms with Crippen molar-refractivity contribution in [1.29, 1.82) is 5.26 Å². The van der Waals surface area contributed by atoms with Crippen LogP contribution in [0, 0.1) is 17.1 Å². The summed E-state index contributed by atoms with van der Waals surface area (Å²) in [6, 6.07) is 3.33. The second-order valence-electron chi connectivity index (χ2n) is 7.35. The summed E-state index contributed by atoms with van der Waals surface area (Å²) in [7, 11) is 1.48. The molecule has 8 heteroatoms. The van der Waals surface area contributed by atoms with Crippen LogP contribution in [0.4, 0.5) is 4.39 Å². The van der Waals surface area contributed by atoms with Gasteiger partial charge < -0.3 is 19.7 Å². The number of nitriles is 1. The summed E-state index contributed by atoms with van der Waals surface area (Å²) in [6.07, 6.45) is 4.43. The highest BCUT2D eigenvalue weighted by molar-refractivity contribution is 7.19. The minimum absolute atomic E-state index is 0.0845. The van der Waals surface area contributed by atoms with Crippen molar-refractivity contribution in [2.45, 2.75) is 25.3 Å². The molecule has 1 fully saturated rings. The lowest BCUT2D eigenvalue weighted by molar-refractivity contribution is 0.412. The van der Waals surface area contributed by atoms with Gasteiger partial charge in [-0.05, 0) is 37.4 Å². The Labute approximate surface area is 169 Å². The minimum Gasteiger partial charge on any atom is -0.505 e. The van der Waals surface area contributed by atoms with E-state index in [-0.39, 0.29) is 27.4 Å². The number of thiophene rings is 1. The molecule has 2 aromatic heterocycles. The number of fused-ring (bicyclic) bond motifs is 2. The summed E-state index contributed by atoms with van der Waals surface area (Å²) in [5.74, 6) is -0.500. The number of halogens is 1. The smallest absolute Gasteiger partial charge is 0.202 e. The van der Waals surface area contributed by atoms with E-state index in [9.17, 15) is 15.2 Å². The van der Waals surface area contributed by atoms with Crippen LogP contribution in [0.3, 0.4) is 0 Å². The first-order valence-electron chi connectivity index (χ1n) is 9.47. The summed E-state index contributed by atoms with van der Waals surface area (Å²) < 4.78 is 22.9. The molecular formula is C21H18FN3O3S. The van der Waals surface area contributed by atoms with Crippen molar-refractivity contribution in [3.05, 3.63) is 38.6 Å². The Bertz CT molecular complexity index is 1310. The van der Waals surface area contributed by atoms with Crippen LogP contribution >= 0.6 is 11.3 Å². The van der Waals surface area contributed by atoms with Crippen molar-refractivity contribution >= 4 is 38.0 Å². The predicted octanol–water partition coefficient (Wildman–Crippen LogP) is 3.65. The summed E-state index contributed by atoms with van der Waals surface area (Å²) >= 11 is 1.09. The van der Waals surface area contributed by atoms with Crippen LogP contribution in [0.1, 0.15) is 35.7 Å². The molecule has 148 valence electrons. The second kappa shape index (κ2) is 6.58. The summed E-state index contributed by atoms with van der Waals surface area (Å²) in [5.41, 5.74) is 1.29. The first kappa shape index (κ1) is 18.2. The zero-order chi connectivity index (χ0) is 20.3. The molecule has 1 aliphatic heterocycles. The van der Waals surface area contributed by atoms with Crippen molar-refractivity contribution in [2.24, 2.45) is 0 Å². The molecule has 3 aromatic rings. The second-order valence-corrected chi connectivity index (χ2v) is 8.35. The molecule has 0 bridgehead atoms. The molecule has 2 aliphatic rings. The lowest BCUT2D eigenvalue weighted by atomic mass is 9.96. The number of hydrogen-bond acceptors (Lipinski definition) is 6. The fraction of sp³-hybridized carbons (Fsp3) is 0.333. The number of nitrogens with one attached hydrogen (secondary N) is 1. The van der Waals surface area contributed by atoms with E-state index in [0.717, 1.165) is 36.3 Å². The van der Waals surface area contributed by atoms with Gasteiger partial charge in [0.1, 0.15) is 27.0 Å². The normalized spacial score (nSPS) is 16.8. The van der Waals surface area contributed by atoms with Crippen LogP contribution in [0.15, 0.2) is 16.9 Å². The van der Waals surface area contributed by atoms with E-state index in [1.54, 1.807) is 0 Å². The van der Waals surface area contributed by atoms with Crippen molar-refractivity contribution in [1.82, 2.24) is 9.88 Å². The van der Waals surface area contributed by atoms with Gasteiger partial charge in [0, 0.05) is 12.6 Å². The molecule has 1 saturated carbocycles. The maximum absolute atomic E-state index is 15.3. The number of rotatable bonds is 3. The van der Waals surface area contributed by atoms with Crippen molar-refractivity contribution in [3.63, 3.8) is 0 Å². The van der Waals surface area contributed by atoms with Gasteiger partial charge in [0.2, 0.25) is 5.43 Å². The van der Waals surface area contributed by atoms with Gasteiger partial charge in [-0.3, -0.25) is 4.79 Å². The Balaban J connectivity index is 1.99. The average Bonchev–Trinajstić information content (AvgIpc) is 3.51. The Hall–Kier alpha value is -2.89. The molecule has 1 aliphatic carbocycles. The van der Waals surface area contributed by atoms with Gasteiger partial charge in [-0.2, -0.15) is 5.26 Å². The maximum atomic E-state index is 15.3. The molecule has 0 unspecified atom stereocenters. The van der Waals surface area contributed by atoms with E-state index in [4.69, 9.17) is 4.74 Å². The van der Waals surface area contributed by atoms with Gasteiger partial charge in [0.25, 0.3) is 0 Å². The number of aromatic hydroxyl groups is 1. The SMILES string of the molecule is COc1c(C2=CCNCC2)c(F)cc2c(=O)c3c(O)c(C#N)sc3n(C3CC3)c12. The van der Waals surface area contributed by atoms with Crippen molar-refractivity contribution < 1.29 is 14.2 Å². The molecule has 0 atom stereocenters. The molecule has 1 aromatic carbocycles. The van der Waals surface area contributed by atoms with Crippen molar-refractivity contribution in [2.75, 3.05) is 20.2 Å². The number of aromatic nitrogens is 1. The van der Waals surface area contributed by atoms with Gasteiger partial charge >= 0.3 is 0 Å². The van der Waals surface area contributed by atoms with E-state index < -0.39 is 11.2 Å². The molecule has 5 rings (SSSR count).